The first-order valence-corrected chi connectivity index (χ1v) is 9.30. The van der Waals surface area contributed by atoms with E-state index in [0.717, 1.165) is 28.1 Å². The van der Waals surface area contributed by atoms with Crippen molar-refractivity contribution < 1.29 is 4.74 Å². The van der Waals surface area contributed by atoms with Gasteiger partial charge in [-0.05, 0) is 51.9 Å². The molecule has 0 bridgehead atoms. The lowest BCUT2D eigenvalue weighted by atomic mass is 10.0. The molecule has 0 saturated carbocycles. The van der Waals surface area contributed by atoms with Crippen LogP contribution in [0.1, 0.15) is 22.7 Å². The normalized spacial score (nSPS) is 15.2. The summed E-state index contributed by atoms with van der Waals surface area (Å²) in [5, 5.41) is 15.3. The maximum atomic E-state index is 5.90. The van der Waals surface area contributed by atoms with E-state index >= 15 is 0 Å². The molecule has 0 saturated heterocycles. The minimum atomic E-state index is -0.125. The maximum Gasteiger partial charge on any atom is 0.248 e. The van der Waals surface area contributed by atoms with Gasteiger partial charge in [-0.1, -0.05) is 47.6 Å². The molecule has 4 aromatic rings. The Morgan fingerprint density at radius 2 is 1.83 bits per heavy atom. The molecule has 0 radical (unpaired) electrons. The van der Waals surface area contributed by atoms with E-state index in [1.807, 2.05) is 72.9 Å². The molecule has 1 aliphatic heterocycles. The van der Waals surface area contributed by atoms with E-state index in [1.165, 1.54) is 0 Å². The quantitative estimate of drug-likeness (QED) is 0.567. The van der Waals surface area contributed by atoms with Crippen LogP contribution in [-0.4, -0.2) is 25.2 Å². The molecule has 29 heavy (non-hydrogen) atoms. The number of rotatable bonds is 5. The molecule has 0 amide bonds. The highest BCUT2D eigenvalue weighted by atomic mass is 16.5. The van der Waals surface area contributed by atoms with Crippen molar-refractivity contribution in [1.82, 2.24) is 25.2 Å². The van der Waals surface area contributed by atoms with Crippen molar-refractivity contribution in [2.24, 2.45) is 0 Å². The lowest BCUT2D eigenvalue weighted by molar-refractivity contribution is 0.306. The second kappa shape index (κ2) is 7.55. The smallest absolute Gasteiger partial charge is 0.248 e. The van der Waals surface area contributed by atoms with Gasteiger partial charge in [-0.3, -0.25) is 4.98 Å². The predicted molar refractivity (Wildman–Crippen MR) is 109 cm³/mol. The zero-order valence-corrected chi connectivity index (χ0v) is 15.5. The van der Waals surface area contributed by atoms with Gasteiger partial charge < -0.3 is 10.1 Å². The molecule has 5 rings (SSSR count). The molecule has 3 heterocycles. The number of anilines is 1. The summed E-state index contributed by atoms with van der Waals surface area (Å²) >= 11 is 0. The summed E-state index contributed by atoms with van der Waals surface area (Å²) in [6, 6.07) is 21.9. The van der Waals surface area contributed by atoms with Crippen molar-refractivity contribution in [3.05, 3.63) is 102 Å². The molecule has 0 fully saturated rings. The fourth-order valence-corrected chi connectivity index (χ4v) is 3.28. The van der Waals surface area contributed by atoms with Crippen LogP contribution in [0.25, 0.3) is 5.70 Å². The average Bonchev–Trinajstić information content (AvgIpc) is 3.28. The molecular formula is C22H18N6O. The van der Waals surface area contributed by atoms with Crippen LogP contribution >= 0.6 is 0 Å². The first kappa shape index (κ1) is 17.1. The van der Waals surface area contributed by atoms with Crippen LogP contribution in [0.4, 0.5) is 5.95 Å². The molecule has 0 aliphatic carbocycles. The molecule has 142 valence electrons. The van der Waals surface area contributed by atoms with Crippen LogP contribution in [0.2, 0.25) is 0 Å². The maximum absolute atomic E-state index is 5.90. The second-order valence-corrected chi connectivity index (χ2v) is 6.68. The van der Waals surface area contributed by atoms with E-state index in [4.69, 9.17) is 4.74 Å². The number of pyridine rings is 1. The average molecular weight is 382 g/mol. The number of benzene rings is 2. The van der Waals surface area contributed by atoms with Gasteiger partial charge in [0, 0.05) is 23.7 Å². The van der Waals surface area contributed by atoms with Gasteiger partial charge in [0.2, 0.25) is 5.95 Å². The molecule has 0 unspecified atom stereocenters. The van der Waals surface area contributed by atoms with Crippen molar-refractivity contribution in [3.8, 4) is 5.75 Å². The van der Waals surface area contributed by atoms with Gasteiger partial charge in [0.05, 0.1) is 0 Å². The van der Waals surface area contributed by atoms with Gasteiger partial charge in [-0.2, -0.15) is 4.68 Å². The van der Waals surface area contributed by atoms with Gasteiger partial charge in [-0.15, -0.1) is 0 Å². The predicted octanol–water partition coefficient (Wildman–Crippen LogP) is 3.70. The Balaban J connectivity index is 1.40. The minimum Gasteiger partial charge on any atom is -0.489 e. The molecule has 1 atom stereocenters. The fraction of sp³-hybridized carbons (Fsp3) is 0.0909. The van der Waals surface area contributed by atoms with Crippen LogP contribution < -0.4 is 10.1 Å². The largest absolute Gasteiger partial charge is 0.489 e. The zero-order valence-electron chi connectivity index (χ0n) is 15.5. The number of aromatic nitrogens is 5. The summed E-state index contributed by atoms with van der Waals surface area (Å²) < 4.78 is 7.66. The molecular weight excluding hydrogens is 364 g/mol. The molecule has 7 heteroatoms. The number of hydrogen-bond acceptors (Lipinski definition) is 6. The van der Waals surface area contributed by atoms with Gasteiger partial charge in [0.25, 0.3) is 0 Å². The number of nitrogens with zero attached hydrogens (tertiary/aromatic N) is 5. The number of ether oxygens (including phenoxy) is 1. The van der Waals surface area contributed by atoms with Gasteiger partial charge in [-0.25, -0.2) is 0 Å². The lowest BCUT2D eigenvalue weighted by Crippen LogP contribution is -2.20. The second-order valence-electron chi connectivity index (χ2n) is 6.68. The third-order valence-electron chi connectivity index (χ3n) is 4.77. The van der Waals surface area contributed by atoms with Crippen LogP contribution in [0.3, 0.4) is 0 Å². The number of fused-ring (bicyclic) bond motifs is 1. The van der Waals surface area contributed by atoms with Crippen molar-refractivity contribution in [2.45, 2.75) is 12.6 Å². The third-order valence-corrected chi connectivity index (χ3v) is 4.77. The topological polar surface area (TPSA) is 77.8 Å². The van der Waals surface area contributed by atoms with Crippen LogP contribution in [0.15, 0.2) is 85.2 Å². The zero-order chi connectivity index (χ0) is 19.5. The number of allylic oxidation sites excluding steroid dienone is 1. The summed E-state index contributed by atoms with van der Waals surface area (Å²) in [5.74, 6) is 1.42. The van der Waals surface area contributed by atoms with E-state index in [0.29, 0.717) is 12.6 Å². The van der Waals surface area contributed by atoms with E-state index in [2.05, 4.69) is 31.9 Å². The summed E-state index contributed by atoms with van der Waals surface area (Å²) in [6.07, 6.45) is 5.67. The Morgan fingerprint density at radius 3 is 2.62 bits per heavy atom. The molecule has 0 spiro atoms. The lowest BCUT2D eigenvalue weighted by Gasteiger charge is -2.23. The molecule has 7 nitrogen and oxygen atoms in total. The highest BCUT2D eigenvalue weighted by Gasteiger charge is 2.24. The van der Waals surface area contributed by atoms with Gasteiger partial charge in [0.1, 0.15) is 18.4 Å². The summed E-state index contributed by atoms with van der Waals surface area (Å²) in [5.41, 5.74) is 4.11. The highest BCUT2D eigenvalue weighted by Crippen LogP contribution is 2.32. The number of tetrazole rings is 1. The Bertz CT molecular complexity index is 1120. The van der Waals surface area contributed by atoms with E-state index in [-0.39, 0.29) is 6.04 Å². The highest BCUT2D eigenvalue weighted by molar-refractivity contribution is 5.76. The number of nitrogens with one attached hydrogen (secondary N) is 1. The van der Waals surface area contributed by atoms with Crippen LogP contribution in [0, 0.1) is 0 Å². The van der Waals surface area contributed by atoms with Crippen molar-refractivity contribution in [1.29, 1.82) is 0 Å². The Hall–Kier alpha value is -4.00. The fourth-order valence-electron chi connectivity index (χ4n) is 3.28. The first-order valence-electron chi connectivity index (χ1n) is 9.30. The van der Waals surface area contributed by atoms with Gasteiger partial charge >= 0.3 is 0 Å². The van der Waals surface area contributed by atoms with E-state index in [9.17, 15) is 0 Å². The van der Waals surface area contributed by atoms with E-state index in [1.54, 1.807) is 10.9 Å². The standard InChI is InChI=1S/C22H18N6O/c1-2-5-16(6-3-1)15-29-19-10-8-17(9-11-19)21-13-20(18-7-4-12-23-14-18)24-22-25-26-27-28(21)22/h1-14,21H,15H2,(H,24,25,27)/t21-/m1/s1. The molecule has 2 aromatic carbocycles. The Kier molecular flexibility index (Phi) is 4.46. The van der Waals surface area contributed by atoms with Crippen molar-refractivity contribution in [3.63, 3.8) is 0 Å². The van der Waals surface area contributed by atoms with Crippen LogP contribution in [0.5, 0.6) is 5.75 Å². The summed E-state index contributed by atoms with van der Waals surface area (Å²) in [4.78, 5) is 4.20. The Morgan fingerprint density at radius 1 is 0.966 bits per heavy atom. The number of hydrogen-bond donors (Lipinski definition) is 1. The van der Waals surface area contributed by atoms with E-state index < -0.39 is 0 Å². The van der Waals surface area contributed by atoms with Crippen molar-refractivity contribution >= 4 is 11.6 Å². The minimum absolute atomic E-state index is 0.125. The Labute approximate surface area is 167 Å². The molecule has 1 aliphatic rings. The van der Waals surface area contributed by atoms with Gasteiger partial charge in [0.15, 0.2) is 0 Å². The van der Waals surface area contributed by atoms with Crippen molar-refractivity contribution in [2.75, 3.05) is 5.32 Å². The monoisotopic (exact) mass is 382 g/mol. The first-order chi connectivity index (χ1) is 14.4. The van der Waals surface area contributed by atoms with Crippen LogP contribution in [-0.2, 0) is 6.61 Å². The third kappa shape index (κ3) is 3.58. The SMILES string of the molecule is C1=C(c2cccnc2)Nc2nnnn2[C@H]1c1ccc(OCc2ccccc2)cc1. The summed E-state index contributed by atoms with van der Waals surface area (Å²) in [6.45, 7) is 0.537. The molecule has 1 N–H and O–H groups in total. The molecule has 2 aromatic heterocycles. The summed E-state index contributed by atoms with van der Waals surface area (Å²) in [7, 11) is 0.